The predicted molar refractivity (Wildman–Crippen MR) is 45.1 cm³/mol. The van der Waals surface area contributed by atoms with Gasteiger partial charge in [-0.15, -0.1) is 0 Å². The number of Topliss-reactive ketones (excluding diaryl/α,β-unsaturated/α-hetero) is 1. The highest BCUT2D eigenvalue weighted by molar-refractivity contribution is 5.93. The Morgan fingerprint density at radius 2 is 2.18 bits per heavy atom. The Hall–Kier alpha value is -0.790. The smallest absolute Gasteiger partial charge is 0.163 e. The summed E-state index contributed by atoms with van der Waals surface area (Å²) < 4.78 is 0. The molecule has 1 N–H and O–H groups in total. The van der Waals surface area contributed by atoms with Crippen molar-refractivity contribution in [2.75, 3.05) is 0 Å². The molecule has 1 rings (SSSR count). The first kappa shape index (κ1) is 8.31. The van der Waals surface area contributed by atoms with Gasteiger partial charge in [0.05, 0.1) is 5.54 Å². The first-order valence-electron chi connectivity index (χ1n) is 3.96. The molecule has 2 nitrogen and oxygen atoms in total. The van der Waals surface area contributed by atoms with Gasteiger partial charge in [-0.2, -0.15) is 0 Å². The Morgan fingerprint density at radius 1 is 1.64 bits per heavy atom. The van der Waals surface area contributed by atoms with Gasteiger partial charge in [-0.25, -0.2) is 0 Å². The SMILES string of the molecule is C=C1CC(=O)C(C)(C(C)C)N1. The van der Waals surface area contributed by atoms with Crippen LogP contribution in [0.1, 0.15) is 27.2 Å². The molecule has 0 aromatic rings. The van der Waals surface area contributed by atoms with Gasteiger partial charge in [0.1, 0.15) is 0 Å². The van der Waals surface area contributed by atoms with E-state index in [-0.39, 0.29) is 11.3 Å². The summed E-state index contributed by atoms with van der Waals surface area (Å²) >= 11 is 0. The summed E-state index contributed by atoms with van der Waals surface area (Å²) in [5, 5.41) is 3.14. The molecule has 0 saturated carbocycles. The van der Waals surface area contributed by atoms with E-state index >= 15 is 0 Å². The van der Waals surface area contributed by atoms with Crippen molar-refractivity contribution in [2.24, 2.45) is 5.92 Å². The Morgan fingerprint density at radius 3 is 2.36 bits per heavy atom. The summed E-state index contributed by atoms with van der Waals surface area (Å²) in [5.41, 5.74) is 0.489. The Balaban J connectivity index is 2.87. The van der Waals surface area contributed by atoms with Crippen LogP contribution in [0.3, 0.4) is 0 Å². The molecule has 1 fully saturated rings. The maximum atomic E-state index is 11.4. The predicted octanol–water partition coefficient (Wildman–Crippen LogP) is 1.48. The summed E-state index contributed by atoms with van der Waals surface area (Å²) in [4.78, 5) is 11.4. The molecular formula is C9H15NO. The van der Waals surface area contributed by atoms with Crippen molar-refractivity contribution in [2.45, 2.75) is 32.7 Å². The molecule has 1 heterocycles. The molecule has 1 atom stereocenters. The minimum absolute atomic E-state index is 0.262. The molecule has 2 heteroatoms. The second kappa shape index (κ2) is 2.36. The first-order valence-corrected chi connectivity index (χ1v) is 3.96. The molecule has 0 aromatic heterocycles. The highest BCUT2D eigenvalue weighted by atomic mass is 16.1. The van der Waals surface area contributed by atoms with Gasteiger partial charge in [-0.1, -0.05) is 20.4 Å². The molecule has 0 amide bonds. The van der Waals surface area contributed by atoms with Gasteiger partial charge in [0.25, 0.3) is 0 Å². The molecular weight excluding hydrogens is 138 g/mol. The van der Waals surface area contributed by atoms with E-state index < -0.39 is 0 Å². The highest BCUT2D eigenvalue weighted by Crippen LogP contribution is 2.27. The number of hydrogen-bond acceptors (Lipinski definition) is 2. The normalized spacial score (nSPS) is 31.3. The third kappa shape index (κ3) is 1.17. The minimum atomic E-state index is -0.364. The summed E-state index contributed by atoms with van der Waals surface area (Å²) in [5.74, 6) is 0.590. The third-order valence-corrected chi connectivity index (χ3v) is 2.54. The lowest BCUT2D eigenvalue weighted by molar-refractivity contribution is -0.123. The summed E-state index contributed by atoms with van der Waals surface area (Å²) in [6.07, 6.45) is 0.495. The van der Waals surface area contributed by atoms with Crippen molar-refractivity contribution in [3.05, 3.63) is 12.3 Å². The number of rotatable bonds is 1. The molecule has 1 aliphatic rings. The van der Waals surface area contributed by atoms with Gasteiger partial charge in [-0.05, 0) is 12.8 Å². The van der Waals surface area contributed by atoms with Gasteiger partial charge in [0.2, 0.25) is 0 Å². The van der Waals surface area contributed by atoms with E-state index in [1.54, 1.807) is 0 Å². The van der Waals surface area contributed by atoms with Crippen LogP contribution in [-0.2, 0) is 4.79 Å². The fourth-order valence-corrected chi connectivity index (χ4v) is 1.32. The van der Waals surface area contributed by atoms with Crippen LogP contribution in [0.2, 0.25) is 0 Å². The van der Waals surface area contributed by atoms with Crippen LogP contribution in [0.25, 0.3) is 0 Å². The van der Waals surface area contributed by atoms with Gasteiger partial charge in [-0.3, -0.25) is 4.79 Å². The molecule has 62 valence electrons. The van der Waals surface area contributed by atoms with Crippen molar-refractivity contribution in [1.29, 1.82) is 0 Å². The maximum absolute atomic E-state index is 11.4. The lowest BCUT2D eigenvalue weighted by Crippen LogP contribution is -2.46. The van der Waals surface area contributed by atoms with E-state index in [0.717, 1.165) is 5.70 Å². The molecule has 0 spiro atoms. The van der Waals surface area contributed by atoms with Crippen LogP contribution in [0, 0.1) is 5.92 Å². The quantitative estimate of drug-likeness (QED) is 0.618. The van der Waals surface area contributed by atoms with Gasteiger partial charge < -0.3 is 5.32 Å². The van der Waals surface area contributed by atoms with E-state index in [9.17, 15) is 4.79 Å². The fraction of sp³-hybridized carbons (Fsp3) is 0.667. The second-order valence-corrected chi connectivity index (χ2v) is 3.69. The molecule has 0 bridgehead atoms. The van der Waals surface area contributed by atoms with Crippen LogP contribution in [-0.4, -0.2) is 11.3 Å². The molecule has 1 aliphatic heterocycles. The highest BCUT2D eigenvalue weighted by Gasteiger charge is 2.41. The lowest BCUT2D eigenvalue weighted by Gasteiger charge is -2.27. The van der Waals surface area contributed by atoms with Gasteiger partial charge in [0, 0.05) is 12.1 Å². The van der Waals surface area contributed by atoms with Crippen molar-refractivity contribution in [3.8, 4) is 0 Å². The Kier molecular flexibility index (Phi) is 1.78. The van der Waals surface area contributed by atoms with E-state index in [1.165, 1.54) is 0 Å². The molecule has 1 saturated heterocycles. The van der Waals surface area contributed by atoms with Crippen molar-refractivity contribution in [3.63, 3.8) is 0 Å². The van der Waals surface area contributed by atoms with Crippen molar-refractivity contribution in [1.82, 2.24) is 5.32 Å². The third-order valence-electron chi connectivity index (χ3n) is 2.54. The summed E-state index contributed by atoms with van der Waals surface area (Å²) in [6.45, 7) is 9.78. The molecule has 0 aliphatic carbocycles. The van der Waals surface area contributed by atoms with Gasteiger partial charge >= 0.3 is 0 Å². The fourth-order valence-electron chi connectivity index (χ4n) is 1.32. The zero-order valence-corrected chi connectivity index (χ0v) is 7.40. The van der Waals surface area contributed by atoms with Crippen LogP contribution < -0.4 is 5.32 Å². The van der Waals surface area contributed by atoms with Crippen LogP contribution in [0.15, 0.2) is 12.3 Å². The second-order valence-electron chi connectivity index (χ2n) is 3.69. The van der Waals surface area contributed by atoms with Crippen molar-refractivity contribution < 1.29 is 4.79 Å². The van der Waals surface area contributed by atoms with Crippen LogP contribution in [0.5, 0.6) is 0 Å². The topological polar surface area (TPSA) is 29.1 Å². The minimum Gasteiger partial charge on any atom is -0.376 e. The van der Waals surface area contributed by atoms with E-state index in [4.69, 9.17) is 0 Å². The number of carbonyl (C=O) groups excluding carboxylic acids is 1. The average Bonchev–Trinajstić information content (AvgIpc) is 2.08. The number of carbonyl (C=O) groups is 1. The largest absolute Gasteiger partial charge is 0.376 e. The number of nitrogens with one attached hydrogen (secondary N) is 1. The number of allylic oxidation sites excluding steroid dienone is 1. The summed E-state index contributed by atoms with van der Waals surface area (Å²) in [6, 6.07) is 0. The zero-order valence-electron chi connectivity index (χ0n) is 7.40. The Labute approximate surface area is 67.7 Å². The molecule has 11 heavy (non-hydrogen) atoms. The first-order chi connectivity index (χ1) is 4.97. The molecule has 0 aromatic carbocycles. The van der Waals surface area contributed by atoms with Crippen LogP contribution >= 0.6 is 0 Å². The van der Waals surface area contributed by atoms with Gasteiger partial charge in [0.15, 0.2) is 5.78 Å². The van der Waals surface area contributed by atoms with Crippen molar-refractivity contribution >= 4 is 5.78 Å². The lowest BCUT2D eigenvalue weighted by atomic mass is 9.86. The molecule has 1 unspecified atom stereocenters. The Bertz CT molecular complexity index is 208. The number of ketones is 1. The maximum Gasteiger partial charge on any atom is 0.163 e. The van der Waals surface area contributed by atoms with E-state index in [0.29, 0.717) is 12.3 Å². The number of hydrogen-bond donors (Lipinski definition) is 1. The monoisotopic (exact) mass is 153 g/mol. The average molecular weight is 153 g/mol. The summed E-state index contributed by atoms with van der Waals surface area (Å²) in [7, 11) is 0. The molecule has 0 radical (unpaired) electrons. The standard InChI is InChI=1S/C9H15NO/c1-6(2)9(4)8(11)5-7(3)10-9/h6,10H,3,5H2,1-2,4H3. The van der Waals surface area contributed by atoms with E-state index in [1.807, 2.05) is 20.8 Å². The zero-order chi connectivity index (χ0) is 8.65. The van der Waals surface area contributed by atoms with Crippen LogP contribution in [0.4, 0.5) is 0 Å². The van der Waals surface area contributed by atoms with E-state index in [2.05, 4.69) is 11.9 Å².